The molecular formula is C27H21Cl3N2O5S. The molecule has 1 N–H and O–H groups in total. The van der Waals surface area contributed by atoms with Crippen LogP contribution in [0.1, 0.15) is 18.1 Å². The van der Waals surface area contributed by atoms with Crippen LogP contribution >= 0.6 is 46.6 Å². The monoisotopic (exact) mass is 590 g/mol. The Kier molecular flexibility index (Phi) is 9.22. The molecule has 0 radical (unpaired) electrons. The number of hydrogen-bond donors (Lipinski definition) is 1. The molecule has 1 heterocycles. The molecule has 3 aromatic carbocycles. The molecule has 1 aliphatic heterocycles. The summed E-state index contributed by atoms with van der Waals surface area (Å²) in [5.41, 5.74) is 1.81. The number of para-hydroxylation sites is 1. The summed E-state index contributed by atoms with van der Waals surface area (Å²) in [4.78, 5) is 38.9. The summed E-state index contributed by atoms with van der Waals surface area (Å²) in [6.07, 6.45) is 1.52. The molecule has 0 bridgehead atoms. The zero-order valence-electron chi connectivity index (χ0n) is 20.0. The smallest absolute Gasteiger partial charge is 0.294 e. The minimum Gasteiger partial charge on any atom is -0.490 e. The van der Waals surface area contributed by atoms with Gasteiger partial charge in [0.15, 0.2) is 11.5 Å². The molecule has 0 aromatic heterocycles. The van der Waals surface area contributed by atoms with Gasteiger partial charge in [-0.2, -0.15) is 0 Å². The molecule has 3 amide bonds. The predicted octanol–water partition coefficient (Wildman–Crippen LogP) is 7.30. The van der Waals surface area contributed by atoms with E-state index in [-0.39, 0.29) is 16.5 Å². The number of nitrogens with one attached hydrogen (secondary N) is 1. The van der Waals surface area contributed by atoms with Gasteiger partial charge in [-0.1, -0.05) is 59.1 Å². The van der Waals surface area contributed by atoms with Gasteiger partial charge in [0.05, 0.1) is 27.2 Å². The molecular weight excluding hydrogens is 571 g/mol. The molecule has 1 saturated heterocycles. The molecule has 7 nitrogen and oxygen atoms in total. The normalized spacial score (nSPS) is 14.2. The molecule has 0 aliphatic carbocycles. The number of amides is 3. The number of imide groups is 1. The highest BCUT2D eigenvalue weighted by Gasteiger charge is 2.36. The highest BCUT2D eigenvalue weighted by molar-refractivity contribution is 8.18. The second-order valence-electron chi connectivity index (χ2n) is 7.97. The highest BCUT2D eigenvalue weighted by atomic mass is 35.5. The lowest BCUT2D eigenvalue weighted by molar-refractivity contribution is -0.127. The maximum Gasteiger partial charge on any atom is 0.294 e. The molecule has 1 aliphatic rings. The van der Waals surface area contributed by atoms with Crippen LogP contribution in [-0.2, 0) is 16.2 Å². The number of carbonyl (C=O) groups excluding carboxylic acids is 3. The highest BCUT2D eigenvalue weighted by Crippen LogP contribution is 2.39. The fourth-order valence-electron chi connectivity index (χ4n) is 3.49. The van der Waals surface area contributed by atoms with E-state index in [1.807, 2.05) is 19.1 Å². The van der Waals surface area contributed by atoms with Crippen molar-refractivity contribution in [2.24, 2.45) is 0 Å². The van der Waals surface area contributed by atoms with Crippen LogP contribution in [0.15, 0.2) is 65.6 Å². The number of halogens is 3. The van der Waals surface area contributed by atoms with Crippen molar-refractivity contribution < 1.29 is 23.9 Å². The maximum absolute atomic E-state index is 12.9. The molecule has 3 aromatic rings. The lowest BCUT2D eigenvalue weighted by Crippen LogP contribution is -2.36. The third-order valence-electron chi connectivity index (χ3n) is 5.25. The second kappa shape index (κ2) is 12.6. The van der Waals surface area contributed by atoms with Gasteiger partial charge in [-0.3, -0.25) is 19.3 Å². The Morgan fingerprint density at radius 3 is 2.45 bits per heavy atom. The topological polar surface area (TPSA) is 84.9 Å². The Morgan fingerprint density at radius 1 is 1.00 bits per heavy atom. The van der Waals surface area contributed by atoms with Gasteiger partial charge in [0.25, 0.3) is 11.1 Å². The van der Waals surface area contributed by atoms with Gasteiger partial charge in [-0.15, -0.1) is 0 Å². The Labute approximate surface area is 238 Å². The Morgan fingerprint density at radius 2 is 1.74 bits per heavy atom. The number of ether oxygens (including phenoxy) is 2. The molecule has 4 rings (SSSR count). The van der Waals surface area contributed by atoms with Crippen molar-refractivity contribution in [3.63, 3.8) is 0 Å². The number of nitrogens with zero attached hydrogens (tertiary/aromatic N) is 1. The van der Waals surface area contributed by atoms with E-state index in [2.05, 4.69) is 5.32 Å². The van der Waals surface area contributed by atoms with Crippen molar-refractivity contribution in [1.82, 2.24) is 4.90 Å². The average Bonchev–Trinajstić information content (AvgIpc) is 3.13. The largest absolute Gasteiger partial charge is 0.490 e. The van der Waals surface area contributed by atoms with Gasteiger partial charge < -0.3 is 14.8 Å². The molecule has 0 atom stereocenters. The molecule has 1 fully saturated rings. The number of hydrogen-bond acceptors (Lipinski definition) is 6. The quantitative estimate of drug-likeness (QED) is 0.263. The first-order valence-corrected chi connectivity index (χ1v) is 13.3. The van der Waals surface area contributed by atoms with Crippen LogP contribution in [0.2, 0.25) is 15.1 Å². The van der Waals surface area contributed by atoms with Crippen molar-refractivity contribution in [1.29, 1.82) is 0 Å². The summed E-state index contributed by atoms with van der Waals surface area (Å²) in [7, 11) is 0. The molecule has 0 unspecified atom stereocenters. The zero-order valence-corrected chi connectivity index (χ0v) is 23.1. The number of rotatable bonds is 9. The van der Waals surface area contributed by atoms with Crippen molar-refractivity contribution in [2.45, 2.75) is 13.5 Å². The Balaban J connectivity index is 1.49. The first-order valence-electron chi connectivity index (χ1n) is 11.4. The summed E-state index contributed by atoms with van der Waals surface area (Å²) in [5.74, 6) is -0.402. The third-order valence-corrected chi connectivity index (χ3v) is 7.02. The number of anilines is 1. The van der Waals surface area contributed by atoms with Gasteiger partial charge in [-0.05, 0) is 72.3 Å². The van der Waals surface area contributed by atoms with Crippen molar-refractivity contribution >= 4 is 75.4 Å². The van der Waals surface area contributed by atoms with E-state index in [1.165, 1.54) is 6.08 Å². The van der Waals surface area contributed by atoms with Crippen LogP contribution in [-0.4, -0.2) is 35.1 Å². The summed E-state index contributed by atoms with van der Waals surface area (Å²) in [5, 5.41) is 3.28. The van der Waals surface area contributed by atoms with Crippen LogP contribution in [0.5, 0.6) is 11.5 Å². The van der Waals surface area contributed by atoms with Crippen molar-refractivity contribution in [3.8, 4) is 11.5 Å². The summed E-state index contributed by atoms with van der Waals surface area (Å²) >= 11 is 19.2. The van der Waals surface area contributed by atoms with Crippen LogP contribution in [0.3, 0.4) is 0 Å². The van der Waals surface area contributed by atoms with Gasteiger partial charge in [-0.25, -0.2) is 0 Å². The SMILES string of the molecule is CCOc1cc(/C=C2/SC(=O)N(CC(=O)Nc3ccccc3Cl)C2=O)cc(Cl)c1OCc1ccc(Cl)cc1. The Hall–Kier alpha value is -3.17. The van der Waals surface area contributed by atoms with E-state index in [4.69, 9.17) is 44.3 Å². The number of carbonyl (C=O) groups is 3. The lowest BCUT2D eigenvalue weighted by Gasteiger charge is -2.15. The van der Waals surface area contributed by atoms with Gasteiger partial charge in [0.2, 0.25) is 5.91 Å². The zero-order chi connectivity index (χ0) is 27.2. The first kappa shape index (κ1) is 27.9. The van der Waals surface area contributed by atoms with E-state index in [0.29, 0.717) is 39.4 Å². The van der Waals surface area contributed by atoms with Gasteiger partial charge in [0, 0.05) is 5.02 Å². The molecule has 11 heteroatoms. The molecule has 196 valence electrons. The second-order valence-corrected chi connectivity index (χ2v) is 10.2. The predicted molar refractivity (Wildman–Crippen MR) is 151 cm³/mol. The summed E-state index contributed by atoms with van der Waals surface area (Å²) in [6, 6.07) is 17.2. The van der Waals surface area contributed by atoms with E-state index < -0.39 is 23.6 Å². The summed E-state index contributed by atoms with van der Waals surface area (Å²) < 4.78 is 11.6. The van der Waals surface area contributed by atoms with Crippen LogP contribution in [0, 0.1) is 0 Å². The lowest BCUT2D eigenvalue weighted by atomic mass is 10.1. The minimum absolute atomic E-state index is 0.147. The van der Waals surface area contributed by atoms with E-state index in [1.54, 1.807) is 48.5 Å². The van der Waals surface area contributed by atoms with E-state index in [0.717, 1.165) is 22.2 Å². The molecule has 38 heavy (non-hydrogen) atoms. The molecule has 0 spiro atoms. The minimum atomic E-state index is -0.591. The Bertz CT molecular complexity index is 1410. The van der Waals surface area contributed by atoms with Crippen LogP contribution < -0.4 is 14.8 Å². The molecule has 0 saturated carbocycles. The maximum atomic E-state index is 12.9. The van der Waals surface area contributed by atoms with Crippen molar-refractivity contribution in [3.05, 3.63) is 91.8 Å². The van der Waals surface area contributed by atoms with Crippen LogP contribution in [0.4, 0.5) is 10.5 Å². The van der Waals surface area contributed by atoms with E-state index in [9.17, 15) is 14.4 Å². The standard InChI is InChI=1S/C27H21Cl3N2O5S/c1-2-36-22-12-17(11-20(30)25(22)37-15-16-7-9-18(28)10-8-16)13-23-26(34)32(27(35)38-23)14-24(33)31-21-6-4-3-5-19(21)29/h3-13H,2,14-15H2,1H3,(H,31,33)/b23-13+. The fraction of sp³-hybridized carbons (Fsp3) is 0.148. The average molecular weight is 592 g/mol. The van der Waals surface area contributed by atoms with Gasteiger partial charge >= 0.3 is 0 Å². The van der Waals surface area contributed by atoms with Crippen LogP contribution in [0.25, 0.3) is 6.08 Å². The van der Waals surface area contributed by atoms with E-state index >= 15 is 0 Å². The number of benzene rings is 3. The number of thioether (sulfide) groups is 1. The third kappa shape index (κ3) is 6.82. The fourth-order valence-corrected chi connectivity index (χ4v) is 4.91. The summed E-state index contributed by atoms with van der Waals surface area (Å²) in [6.45, 7) is 1.97. The van der Waals surface area contributed by atoms with Crippen molar-refractivity contribution in [2.75, 3.05) is 18.5 Å². The van der Waals surface area contributed by atoms with Gasteiger partial charge in [0.1, 0.15) is 13.2 Å². The first-order chi connectivity index (χ1) is 18.2.